The van der Waals surface area contributed by atoms with Gasteiger partial charge in [0.15, 0.2) is 0 Å². The van der Waals surface area contributed by atoms with Crippen molar-refractivity contribution in [2.24, 2.45) is 0 Å². The number of hydrogen-bond donors (Lipinski definition) is 1. The van der Waals surface area contributed by atoms with Crippen LogP contribution in [-0.4, -0.2) is 63.7 Å². The van der Waals surface area contributed by atoms with Gasteiger partial charge in [-0.2, -0.15) is 0 Å². The van der Waals surface area contributed by atoms with Crippen LogP contribution in [0.1, 0.15) is 11.8 Å². The Kier molecular flexibility index (Phi) is 4.73. The van der Waals surface area contributed by atoms with Gasteiger partial charge in [0.2, 0.25) is 0 Å². The van der Waals surface area contributed by atoms with E-state index in [0.717, 1.165) is 31.9 Å². The first-order valence-electron chi connectivity index (χ1n) is 8.19. The van der Waals surface area contributed by atoms with Crippen molar-refractivity contribution >= 4 is 11.4 Å². The molecular weight excluding hydrogens is 308 g/mol. The van der Waals surface area contributed by atoms with Crippen molar-refractivity contribution in [3.05, 3.63) is 44.6 Å². The summed E-state index contributed by atoms with van der Waals surface area (Å²) in [6.45, 7) is 3.83. The number of rotatable bonds is 6. The molecule has 0 saturated carbocycles. The molecule has 7 heteroatoms. The zero-order valence-electron chi connectivity index (χ0n) is 14.4. The van der Waals surface area contributed by atoms with E-state index in [0.29, 0.717) is 17.9 Å². The molecule has 7 nitrogen and oxygen atoms in total. The van der Waals surface area contributed by atoms with Crippen molar-refractivity contribution in [1.82, 2.24) is 9.80 Å². The Balaban J connectivity index is 1.73. The number of nitrogens with zero attached hydrogens (tertiary/aromatic N) is 3. The fourth-order valence-corrected chi connectivity index (χ4v) is 3.09. The maximum atomic E-state index is 12.0. The zero-order chi connectivity index (χ0) is 17.3. The third-order valence-electron chi connectivity index (χ3n) is 4.67. The van der Waals surface area contributed by atoms with Crippen molar-refractivity contribution in [3.8, 4) is 0 Å². The molecule has 1 aliphatic heterocycles. The van der Waals surface area contributed by atoms with E-state index in [1.807, 2.05) is 36.0 Å². The number of anilines is 2. The Labute approximate surface area is 141 Å². The normalized spacial score (nSPS) is 17.6. The van der Waals surface area contributed by atoms with E-state index in [9.17, 15) is 9.59 Å². The van der Waals surface area contributed by atoms with E-state index >= 15 is 0 Å². The third kappa shape index (κ3) is 3.09. The fourth-order valence-electron chi connectivity index (χ4n) is 3.09. The van der Waals surface area contributed by atoms with Gasteiger partial charge in [-0.3, -0.25) is 14.5 Å². The zero-order valence-corrected chi connectivity index (χ0v) is 14.4. The highest BCUT2D eigenvalue weighted by Crippen LogP contribution is 2.24. The molecule has 0 bridgehead atoms. The van der Waals surface area contributed by atoms with E-state index in [1.165, 1.54) is 0 Å². The summed E-state index contributed by atoms with van der Waals surface area (Å²) in [5.74, 6) is 0.826. The van der Waals surface area contributed by atoms with E-state index in [1.54, 1.807) is 6.26 Å². The second kappa shape index (κ2) is 6.78. The minimum atomic E-state index is -0.416. The van der Waals surface area contributed by atoms with Gasteiger partial charge in [-0.05, 0) is 33.3 Å². The molecule has 3 rings (SSSR count). The summed E-state index contributed by atoms with van der Waals surface area (Å²) in [5.41, 5.74) is 0.204. The van der Waals surface area contributed by atoms with Crippen molar-refractivity contribution in [2.75, 3.05) is 64.1 Å². The van der Waals surface area contributed by atoms with Gasteiger partial charge in [-0.1, -0.05) is 0 Å². The number of likely N-dealkylation sites (N-methyl/N-ethyl adjacent to an activating group) is 2. The molecule has 24 heavy (non-hydrogen) atoms. The molecule has 1 aliphatic rings. The van der Waals surface area contributed by atoms with E-state index < -0.39 is 5.43 Å². The molecule has 1 atom stereocenters. The maximum absolute atomic E-state index is 12.0. The van der Waals surface area contributed by atoms with Crippen LogP contribution in [0, 0.1) is 0 Å². The average Bonchev–Trinajstić information content (AvgIpc) is 3.09. The minimum Gasteiger partial charge on any atom is -0.468 e. The molecule has 1 aromatic carbocycles. The summed E-state index contributed by atoms with van der Waals surface area (Å²) < 4.78 is 5.48. The minimum absolute atomic E-state index is 0.00950. The molecule has 1 N–H and O–H groups in total. The van der Waals surface area contributed by atoms with Crippen LogP contribution in [0.3, 0.4) is 0 Å². The van der Waals surface area contributed by atoms with Gasteiger partial charge in [-0.15, -0.1) is 0 Å². The molecule has 1 saturated heterocycles. The molecular formula is C17H24N4O3. The van der Waals surface area contributed by atoms with Gasteiger partial charge in [0, 0.05) is 32.7 Å². The highest BCUT2D eigenvalue weighted by molar-refractivity contribution is 5.75. The highest BCUT2D eigenvalue weighted by Gasteiger charge is 2.28. The number of hydrogen-bond acceptors (Lipinski definition) is 7. The van der Waals surface area contributed by atoms with Crippen LogP contribution in [0.4, 0.5) is 11.4 Å². The van der Waals surface area contributed by atoms with Crippen LogP contribution >= 0.6 is 0 Å². The van der Waals surface area contributed by atoms with Crippen LogP contribution in [0.15, 0.2) is 32.4 Å². The van der Waals surface area contributed by atoms with Crippen molar-refractivity contribution in [1.29, 1.82) is 0 Å². The molecule has 0 unspecified atom stereocenters. The summed E-state index contributed by atoms with van der Waals surface area (Å²) in [7, 11) is 5.97. The summed E-state index contributed by atoms with van der Waals surface area (Å²) in [6, 6.07) is 3.75. The lowest BCUT2D eigenvalue weighted by atomic mass is 10.1. The van der Waals surface area contributed by atoms with Gasteiger partial charge >= 0.3 is 0 Å². The highest BCUT2D eigenvalue weighted by atomic mass is 16.3. The van der Waals surface area contributed by atoms with Crippen LogP contribution in [0.25, 0.3) is 0 Å². The SMILES string of the molecule is CN1CCN(c2c(NC[C@H](c3ccco3)N(C)C)c(=O)c2=O)CC1. The molecule has 0 spiro atoms. The lowest BCUT2D eigenvalue weighted by molar-refractivity contribution is 0.269. The lowest BCUT2D eigenvalue weighted by Crippen LogP contribution is -2.50. The first kappa shape index (κ1) is 16.7. The van der Waals surface area contributed by atoms with Gasteiger partial charge in [0.1, 0.15) is 17.1 Å². The molecule has 0 radical (unpaired) electrons. The summed E-state index contributed by atoms with van der Waals surface area (Å²) in [4.78, 5) is 30.3. The molecule has 2 heterocycles. The smallest absolute Gasteiger partial charge is 0.253 e. The van der Waals surface area contributed by atoms with Gasteiger partial charge in [0.25, 0.3) is 10.9 Å². The third-order valence-corrected chi connectivity index (χ3v) is 4.67. The fraction of sp³-hybridized carbons (Fsp3) is 0.529. The second-order valence-corrected chi connectivity index (χ2v) is 6.55. The summed E-state index contributed by atoms with van der Waals surface area (Å²) in [5, 5.41) is 3.18. The van der Waals surface area contributed by atoms with Crippen LogP contribution < -0.4 is 21.1 Å². The van der Waals surface area contributed by atoms with Gasteiger partial charge in [-0.25, -0.2) is 0 Å². The Hall–Kier alpha value is -2.12. The maximum Gasteiger partial charge on any atom is 0.253 e. The van der Waals surface area contributed by atoms with Crippen molar-refractivity contribution < 1.29 is 4.42 Å². The van der Waals surface area contributed by atoms with E-state index in [2.05, 4.69) is 17.3 Å². The van der Waals surface area contributed by atoms with Gasteiger partial charge in [0.05, 0.1) is 12.3 Å². The van der Waals surface area contributed by atoms with Crippen molar-refractivity contribution in [3.63, 3.8) is 0 Å². The number of piperazine rings is 1. The van der Waals surface area contributed by atoms with Crippen LogP contribution in [0.5, 0.6) is 0 Å². The molecule has 0 amide bonds. The number of furan rings is 1. The molecule has 1 aromatic heterocycles. The predicted octanol–water partition coefficient (Wildman–Crippen LogP) is 0.342. The second-order valence-electron chi connectivity index (χ2n) is 6.55. The number of nitrogens with one attached hydrogen (secondary N) is 1. The first-order valence-corrected chi connectivity index (χ1v) is 8.19. The Morgan fingerprint density at radius 2 is 1.92 bits per heavy atom. The van der Waals surface area contributed by atoms with E-state index in [4.69, 9.17) is 4.42 Å². The quantitative estimate of drug-likeness (QED) is 0.765. The lowest BCUT2D eigenvalue weighted by Gasteiger charge is -2.35. The topological polar surface area (TPSA) is 69.0 Å². The summed E-state index contributed by atoms with van der Waals surface area (Å²) >= 11 is 0. The Morgan fingerprint density at radius 1 is 1.21 bits per heavy atom. The van der Waals surface area contributed by atoms with Gasteiger partial charge < -0.3 is 19.5 Å². The largest absolute Gasteiger partial charge is 0.468 e. The average molecular weight is 332 g/mol. The standard InChI is InChI=1S/C17H24N4O3/c1-19(2)12(13-5-4-10-24-13)11-18-14-15(17(23)16(14)22)21-8-6-20(3)7-9-21/h4-5,10,12,18H,6-9,11H2,1-3H3/t12-/m1/s1. The van der Waals surface area contributed by atoms with Crippen molar-refractivity contribution in [2.45, 2.75) is 6.04 Å². The molecule has 130 valence electrons. The summed E-state index contributed by atoms with van der Waals surface area (Å²) in [6.07, 6.45) is 1.64. The molecule has 1 fully saturated rings. The Bertz CT molecular complexity index is 738. The van der Waals surface area contributed by atoms with Crippen LogP contribution in [-0.2, 0) is 0 Å². The van der Waals surface area contributed by atoms with E-state index in [-0.39, 0.29) is 11.5 Å². The predicted molar refractivity (Wildman–Crippen MR) is 94.7 cm³/mol. The molecule has 0 aliphatic carbocycles. The first-order chi connectivity index (χ1) is 11.5. The molecule has 2 aromatic rings. The van der Waals surface area contributed by atoms with Crippen LogP contribution in [0.2, 0.25) is 0 Å². The Morgan fingerprint density at radius 3 is 2.50 bits per heavy atom. The monoisotopic (exact) mass is 332 g/mol.